The maximum Gasteiger partial charge on any atom is 0.274 e. The van der Waals surface area contributed by atoms with E-state index in [2.05, 4.69) is 15.6 Å². The van der Waals surface area contributed by atoms with E-state index >= 15 is 0 Å². The lowest BCUT2D eigenvalue weighted by molar-refractivity contribution is 0.0955. The zero-order valence-corrected chi connectivity index (χ0v) is 9.74. The number of hydrogen-bond donors (Lipinski definition) is 1. The van der Waals surface area contributed by atoms with Crippen LogP contribution in [0, 0.1) is 5.13 Å². The van der Waals surface area contributed by atoms with Gasteiger partial charge in [0.25, 0.3) is 5.91 Å². The lowest BCUT2D eigenvalue weighted by Crippen LogP contribution is -2.16. The predicted molar refractivity (Wildman–Crippen MR) is 62.5 cm³/mol. The first-order valence-electron chi connectivity index (χ1n) is 4.72. The van der Waals surface area contributed by atoms with Crippen LogP contribution in [0.25, 0.3) is 0 Å². The third-order valence-electron chi connectivity index (χ3n) is 1.92. The summed E-state index contributed by atoms with van der Waals surface area (Å²) < 4.78 is 14.2. The van der Waals surface area contributed by atoms with E-state index < -0.39 is 0 Å². The van der Waals surface area contributed by atoms with Crippen LogP contribution >= 0.6 is 11.3 Å². The quantitative estimate of drug-likeness (QED) is 0.662. The predicted octanol–water partition coefficient (Wildman–Crippen LogP) is 1.38. The van der Waals surface area contributed by atoms with E-state index in [-0.39, 0.29) is 11.0 Å². The van der Waals surface area contributed by atoms with E-state index in [9.17, 15) is 9.18 Å². The number of nitrogens with zero attached hydrogens (tertiary/aromatic N) is 3. The van der Waals surface area contributed by atoms with Gasteiger partial charge in [0.05, 0.1) is 22.9 Å². The normalized spacial score (nSPS) is 10.9. The zero-order valence-electron chi connectivity index (χ0n) is 8.92. The minimum atomic E-state index is -0.355. The lowest BCUT2D eigenvalue weighted by Gasteiger charge is -1.93. The molecule has 0 atom stereocenters. The van der Waals surface area contributed by atoms with E-state index in [1.54, 1.807) is 19.3 Å². The molecule has 0 spiro atoms. The Hall–Kier alpha value is -2.02. The summed E-state index contributed by atoms with van der Waals surface area (Å²) in [6.45, 7) is 0. The molecule has 88 valence electrons. The highest BCUT2D eigenvalue weighted by atomic mass is 32.1. The molecule has 0 unspecified atom stereocenters. The summed E-state index contributed by atoms with van der Waals surface area (Å²) in [5.41, 5.74) is 2.75. The van der Waals surface area contributed by atoms with Gasteiger partial charge in [-0.2, -0.15) is 14.6 Å². The second kappa shape index (κ2) is 4.88. The molecule has 2 aromatic heterocycles. The molecule has 2 rings (SSSR count). The number of hydrazone groups is 1. The minimum absolute atomic E-state index is 0.287. The number of carbonyl (C=O) groups is 1. The van der Waals surface area contributed by atoms with Crippen molar-refractivity contribution in [1.29, 1.82) is 0 Å². The van der Waals surface area contributed by atoms with Crippen LogP contribution in [0.15, 0.2) is 29.6 Å². The van der Waals surface area contributed by atoms with Crippen molar-refractivity contribution in [3.8, 4) is 0 Å². The fourth-order valence-electron chi connectivity index (χ4n) is 1.16. The van der Waals surface area contributed by atoms with Crippen molar-refractivity contribution in [2.24, 2.45) is 12.1 Å². The monoisotopic (exact) mass is 252 g/mol. The topological polar surface area (TPSA) is 59.3 Å². The SMILES string of the molecule is Cn1cc(C(=O)N/N=C\c2ccc(F)s2)cn1. The molecule has 0 radical (unpaired) electrons. The average Bonchev–Trinajstić information content (AvgIpc) is 2.88. The fourth-order valence-corrected chi connectivity index (χ4v) is 1.76. The molecule has 1 N–H and O–H groups in total. The van der Waals surface area contributed by atoms with Crippen LogP contribution in [-0.4, -0.2) is 21.9 Å². The Bertz CT molecular complexity index is 560. The Kier molecular flexibility index (Phi) is 3.29. The number of rotatable bonds is 3. The number of hydrogen-bond acceptors (Lipinski definition) is 4. The van der Waals surface area contributed by atoms with Crippen LogP contribution < -0.4 is 5.43 Å². The van der Waals surface area contributed by atoms with Crippen molar-refractivity contribution in [2.45, 2.75) is 0 Å². The van der Waals surface area contributed by atoms with E-state index in [1.807, 2.05) is 0 Å². The van der Waals surface area contributed by atoms with Gasteiger partial charge in [-0.15, -0.1) is 11.3 Å². The molecule has 0 saturated carbocycles. The summed E-state index contributed by atoms with van der Waals surface area (Å²) in [4.78, 5) is 12.1. The van der Waals surface area contributed by atoms with Gasteiger partial charge >= 0.3 is 0 Å². The van der Waals surface area contributed by atoms with Gasteiger partial charge in [-0.05, 0) is 12.1 Å². The molecular weight excluding hydrogens is 243 g/mol. The first-order valence-corrected chi connectivity index (χ1v) is 5.54. The van der Waals surface area contributed by atoms with Crippen molar-refractivity contribution in [2.75, 3.05) is 0 Å². The van der Waals surface area contributed by atoms with Crippen LogP contribution in [0.2, 0.25) is 0 Å². The van der Waals surface area contributed by atoms with Crippen molar-refractivity contribution in [1.82, 2.24) is 15.2 Å². The van der Waals surface area contributed by atoms with Crippen molar-refractivity contribution in [3.63, 3.8) is 0 Å². The second-order valence-electron chi connectivity index (χ2n) is 3.24. The summed E-state index contributed by atoms with van der Waals surface area (Å²) in [6.07, 6.45) is 4.41. The number of carbonyl (C=O) groups excluding carboxylic acids is 1. The average molecular weight is 252 g/mol. The third-order valence-corrected chi connectivity index (χ3v) is 2.73. The standard InChI is InChI=1S/C10H9FN4OS/c1-15-6-7(4-13-15)10(16)14-12-5-8-2-3-9(11)17-8/h2-6H,1H3,(H,14,16)/b12-5-. The number of thiophene rings is 1. The summed E-state index contributed by atoms with van der Waals surface area (Å²) >= 11 is 0.956. The van der Waals surface area contributed by atoms with Crippen LogP contribution in [0.3, 0.4) is 0 Å². The van der Waals surface area contributed by atoms with E-state index in [4.69, 9.17) is 0 Å². The maximum absolute atomic E-state index is 12.6. The Morgan fingerprint density at radius 2 is 2.47 bits per heavy atom. The molecule has 0 aromatic carbocycles. The first-order chi connectivity index (χ1) is 8.15. The maximum atomic E-state index is 12.6. The van der Waals surface area contributed by atoms with E-state index in [0.717, 1.165) is 11.3 Å². The van der Waals surface area contributed by atoms with Gasteiger partial charge in [-0.3, -0.25) is 9.48 Å². The summed E-state index contributed by atoms with van der Waals surface area (Å²) in [5.74, 6) is -0.355. The lowest BCUT2D eigenvalue weighted by atomic mass is 10.3. The molecule has 5 nitrogen and oxygen atoms in total. The molecule has 17 heavy (non-hydrogen) atoms. The van der Waals surface area contributed by atoms with Gasteiger partial charge in [-0.25, -0.2) is 5.43 Å². The van der Waals surface area contributed by atoms with Crippen molar-refractivity contribution >= 4 is 23.5 Å². The Labute approximate surface area is 101 Å². The largest absolute Gasteiger partial charge is 0.275 e. The highest BCUT2D eigenvalue weighted by Crippen LogP contribution is 2.11. The molecule has 2 aromatic rings. The minimum Gasteiger partial charge on any atom is -0.275 e. The van der Waals surface area contributed by atoms with Crippen LogP contribution in [0.1, 0.15) is 15.2 Å². The highest BCUT2D eigenvalue weighted by molar-refractivity contribution is 7.12. The molecule has 0 aliphatic carbocycles. The number of nitrogens with one attached hydrogen (secondary N) is 1. The Morgan fingerprint density at radius 1 is 1.65 bits per heavy atom. The van der Waals surface area contributed by atoms with E-state index in [1.165, 1.54) is 23.2 Å². The summed E-state index contributed by atoms with van der Waals surface area (Å²) in [5, 5.41) is 7.30. The van der Waals surface area contributed by atoms with Gasteiger partial charge < -0.3 is 0 Å². The van der Waals surface area contributed by atoms with Gasteiger partial charge in [0.15, 0.2) is 5.13 Å². The fraction of sp³-hybridized carbons (Fsp3) is 0.100. The Balaban J connectivity index is 1.94. The number of aryl methyl sites for hydroxylation is 1. The van der Waals surface area contributed by atoms with E-state index in [0.29, 0.717) is 10.4 Å². The van der Waals surface area contributed by atoms with Gasteiger partial charge in [-0.1, -0.05) is 0 Å². The molecule has 2 heterocycles. The smallest absolute Gasteiger partial charge is 0.274 e. The molecule has 0 saturated heterocycles. The number of amides is 1. The van der Waals surface area contributed by atoms with Crippen molar-refractivity contribution < 1.29 is 9.18 Å². The molecule has 0 aliphatic heterocycles. The summed E-state index contributed by atoms with van der Waals surface area (Å²) in [7, 11) is 1.72. The van der Waals surface area contributed by atoms with Gasteiger partial charge in [0, 0.05) is 13.2 Å². The molecular formula is C10H9FN4OS. The summed E-state index contributed by atoms with van der Waals surface area (Å²) in [6, 6.07) is 2.93. The van der Waals surface area contributed by atoms with Gasteiger partial charge in [0.1, 0.15) is 0 Å². The Morgan fingerprint density at radius 3 is 3.06 bits per heavy atom. The third kappa shape index (κ3) is 2.97. The number of halogens is 1. The van der Waals surface area contributed by atoms with Crippen molar-refractivity contribution in [3.05, 3.63) is 40.1 Å². The molecule has 7 heteroatoms. The molecule has 1 amide bonds. The molecule has 0 fully saturated rings. The molecule has 0 aliphatic rings. The zero-order chi connectivity index (χ0) is 12.3. The molecule has 0 bridgehead atoms. The van der Waals surface area contributed by atoms with Crippen LogP contribution in [-0.2, 0) is 7.05 Å². The highest BCUT2D eigenvalue weighted by Gasteiger charge is 2.05. The van der Waals surface area contributed by atoms with Crippen LogP contribution in [0.5, 0.6) is 0 Å². The van der Waals surface area contributed by atoms with Gasteiger partial charge in [0.2, 0.25) is 0 Å². The second-order valence-corrected chi connectivity index (χ2v) is 4.31. The first kappa shape index (κ1) is 11.5. The number of aromatic nitrogens is 2. The van der Waals surface area contributed by atoms with Crippen LogP contribution in [0.4, 0.5) is 4.39 Å².